The highest BCUT2D eigenvalue weighted by atomic mass is 35.5. The third kappa shape index (κ3) is 3.93. The number of anilines is 1. The minimum atomic E-state index is -1.22. The summed E-state index contributed by atoms with van der Waals surface area (Å²) in [6.07, 6.45) is 1.59. The molecule has 0 saturated carbocycles. The van der Waals surface area contributed by atoms with Gasteiger partial charge in [-0.2, -0.15) is 4.98 Å². The predicted octanol–water partition coefficient (Wildman–Crippen LogP) is 1.79. The molecule has 0 radical (unpaired) electrons. The summed E-state index contributed by atoms with van der Waals surface area (Å²) < 4.78 is 4.55. The molecule has 2 amide bonds. The summed E-state index contributed by atoms with van der Waals surface area (Å²) >= 11 is 5.80. The number of aromatic carboxylic acids is 1. The van der Waals surface area contributed by atoms with E-state index in [1.165, 1.54) is 18.5 Å². The van der Waals surface area contributed by atoms with Crippen molar-refractivity contribution in [1.29, 1.82) is 0 Å². The van der Waals surface area contributed by atoms with Crippen LogP contribution in [0.15, 0.2) is 29.1 Å². The molecule has 8 nitrogen and oxygen atoms in total. The summed E-state index contributed by atoms with van der Waals surface area (Å²) in [7, 11) is 0. The third-order valence-corrected chi connectivity index (χ3v) is 2.83. The van der Waals surface area contributed by atoms with Crippen molar-refractivity contribution in [3.63, 3.8) is 0 Å². The highest BCUT2D eigenvalue weighted by Gasteiger charge is 2.15. The quantitative estimate of drug-likeness (QED) is 0.775. The fourth-order valence-corrected chi connectivity index (χ4v) is 1.86. The molecule has 0 aliphatic rings. The Kier molecular flexibility index (Phi) is 4.72. The Hall–Kier alpha value is -2.61. The van der Waals surface area contributed by atoms with Crippen molar-refractivity contribution in [2.75, 3.05) is 11.9 Å². The van der Waals surface area contributed by atoms with E-state index in [2.05, 4.69) is 25.3 Å². The maximum atomic E-state index is 11.7. The zero-order chi connectivity index (χ0) is 15.2. The monoisotopic (exact) mass is 310 g/mol. The number of carboxylic acids is 1. The molecule has 1 aromatic carbocycles. The molecule has 0 spiro atoms. The first-order chi connectivity index (χ1) is 10.1. The fraction of sp³-hybridized carbons (Fsp3) is 0.167. The number of halogens is 1. The van der Waals surface area contributed by atoms with Crippen LogP contribution >= 0.6 is 11.6 Å². The van der Waals surface area contributed by atoms with Gasteiger partial charge in [0.2, 0.25) is 6.39 Å². The van der Waals surface area contributed by atoms with E-state index >= 15 is 0 Å². The number of benzene rings is 1. The number of urea groups is 1. The lowest BCUT2D eigenvalue weighted by Gasteiger charge is -2.10. The first kappa shape index (κ1) is 14.8. The molecule has 0 fully saturated rings. The van der Waals surface area contributed by atoms with Gasteiger partial charge in [-0.3, -0.25) is 0 Å². The SMILES string of the molecule is O=C(NCCc1ncon1)Nc1cccc(Cl)c1C(=O)O. The number of carbonyl (C=O) groups is 2. The van der Waals surface area contributed by atoms with Gasteiger partial charge >= 0.3 is 12.0 Å². The van der Waals surface area contributed by atoms with Crippen LogP contribution in [0.2, 0.25) is 5.02 Å². The number of hydrogen-bond donors (Lipinski definition) is 3. The van der Waals surface area contributed by atoms with Crippen LogP contribution in [0.3, 0.4) is 0 Å². The summed E-state index contributed by atoms with van der Waals surface area (Å²) in [5.74, 6) is -0.757. The summed E-state index contributed by atoms with van der Waals surface area (Å²) in [6.45, 7) is 0.272. The van der Waals surface area contributed by atoms with Gasteiger partial charge < -0.3 is 20.3 Å². The van der Waals surface area contributed by atoms with Gasteiger partial charge in [0, 0.05) is 13.0 Å². The molecule has 9 heteroatoms. The number of amides is 2. The van der Waals surface area contributed by atoms with Crippen LogP contribution < -0.4 is 10.6 Å². The average molecular weight is 311 g/mol. The fourth-order valence-electron chi connectivity index (χ4n) is 1.60. The van der Waals surface area contributed by atoms with Crippen molar-refractivity contribution in [2.24, 2.45) is 0 Å². The molecule has 2 rings (SSSR count). The van der Waals surface area contributed by atoms with Crippen molar-refractivity contribution in [2.45, 2.75) is 6.42 Å². The van der Waals surface area contributed by atoms with Crippen LogP contribution in [0.1, 0.15) is 16.2 Å². The van der Waals surface area contributed by atoms with Gasteiger partial charge in [0.05, 0.1) is 10.7 Å². The molecule has 0 bridgehead atoms. The third-order valence-electron chi connectivity index (χ3n) is 2.52. The highest BCUT2D eigenvalue weighted by Crippen LogP contribution is 2.24. The lowest BCUT2D eigenvalue weighted by atomic mass is 10.2. The molecule has 0 aliphatic heterocycles. The summed E-state index contributed by atoms with van der Waals surface area (Å²) in [4.78, 5) is 26.6. The van der Waals surface area contributed by atoms with E-state index in [0.717, 1.165) is 0 Å². The van der Waals surface area contributed by atoms with Gasteiger partial charge in [-0.05, 0) is 12.1 Å². The maximum Gasteiger partial charge on any atom is 0.339 e. The summed E-state index contributed by atoms with van der Waals surface area (Å²) in [5, 5.41) is 17.7. The van der Waals surface area contributed by atoms with E-state index in [-0.39, 0.29) is 22.8 Å². The molecule has 1 aromatic heterocycles. The standard InChI is InChI=1S/C12H11ClN4O4/c13-7-2-1-3-8(10(7)11(18)19)16-12(20)14-5-4-9-15-6-21-17-9/h1-3,6H,4-5H2,(H,18,19)(H2,14,16,20). The summed E-state index contributed by atoms with van der Waals surface area (Å²) in [5.41, 5.74) is -0.0421. The predicted molar refractivity (Wildman–Crippen MR) is 73.4 cm³/mol. The molecule has 1 heterocycles. The van der Waals surface area contributed by atoms with E-state index in [4.69, 9.17) is 16.7 Å². The molecule has 0 atom stereocenters. The smallest absolute Gasteiger partial charge is 0.339 e. The van der Waals surface area contributed by atoms with Crippen LogP contribution in [0.25, 0.3) is 0 Å². The van der Waals surface area contributed by atoms with Gasteiger partial charge in [0.15, 0.2) is 5.82 Å². The van der Waals surface area contributed by atoms with Gasteiger partial charge in [-0.25, -0.2) is 9.59 Å². The van der Waals surface area contributed by atoms with Crippen LogP contribution in [0.5, 0.6) is 0 Å². The number of carbonyl (C=O) groups excluding carboxylic acids is 1. The Balaban J connectivity index is 1.93. The van der Waals surface area contributed by atoms with E-state index in [1.807, 2.05) is 0 Å². The highest BCUT2D eigenvalue weighted by molar-refractivity contribution is 6.34. The minimum Gasteiger partial charge on any atom is -0.478 e. The molecular formula is C12H11ClN4O4. The lowest BCUT2D eigenvalue weighted by Crippen LogP contribution is -2.31. The normalized spacial score (nSPS) is 10.1. The number of nitrogens with one attached hydrogen (secondary N) is 2. The molecule has 0 aliphatic carbocycles. The Morgan fingerprint density at radius 1 is 1.38 bits per heavy atom. The van der Waals surface area contributed by atoms with Gasteiger partial charge in [-0.1, -0.05) is 22.8 Å². The second kappa shape index (κ2) is 6.71. The molecule has 0 unspecified atom stereocenters. The molecule has 110 valence electrons. The number of aromatic nitrogens is 2. The van der Waals surface area contributed by atoms with Crippen molar-refractivity contribution in [1.82, 2.24) is 15.5 Å². The van der Waals surface area contributed by atoms with Crippen LogP contribution in [-0.2, 0) is 6.42 Å². The largest absolute Gasteiger partial charge is 0.478 e. The second-order valence-electron chi connectivity index (χ2n) is 3.95. The maximum absolute atomic E-state index is 11.7. The molecule has 3 N–H and O–H groups in total. The van der Waals surface area contributed by atoms with E-state index < -0.39 is 12.0 Å². The van der Waals surface area contributed by atoms with Crippen LogP contribution in [0.4, 0.5) is 10.5 Å². The second-order valence-corrected chi connectivity index (χ2v) is 4.35. The van der Waals surface area contributed by atoms with Crippen molar-refractivity contribution < 1.29 is 19.2 Å². The van der Waals surface area contributed by atoms with E-state index in [1.54, 1.807) is 6.07 Å². The van der Waals surface area contributed by atoms with Crippen molar-refractivity contribution in [3.8, 4) is 0 Å². The zero-order valence-corrected chi connectivity index (χ0v) is 11.4. The van der Waals surface area contributed by atoms with Gasteiger partial charge in [0.1, 0.15) is 5.56 Å². The number of nitrogens with zero attached hydrogens (tertiary/aromatic N) is 2. The van der Waals surface area contributed by atoms with Gasteiger partial charge in [0.25, 0.3) is 0 Å². The Bertz CT molecular complexity index is 645. The number of hydrogen-bond acceptors (Lipinski definition) is 5. The summed E-state index contributed by atoms with van der Waals surface area (Å²) in [6, 6.07) is 3.88. The van der Waals surface area contributed by atoms with Crippen molar-refractivity contribution >= 4 is 29.3 Å². The molecule has 2 aromatic rings. The average Bonchev–Trinajstić information content (AvgIpc) is 2.91. The lowest BCUT2D eigenvalue weighted by molar-refractivity contribution is 0.0698. The Labute approximate surface area is 124 Å². The topological polar surface area (TPSA) is 117 Å². The Morgan fingerprint density at radius 3 is 2.86 bits per heavy atom. The minimum absolute atomic E-state index is 0.0482. The van der Waals surface area contributed by atoms with E-state index in [9.17, 15) is 9.59 Å². The van der Waals surface area contributed by atoms with Crippen LogP contribution in [-0.4, -0.2) is 33.8 Å². The van der Waals surface area contributed by atoms with Crippen molar-refractivity contribution in [3.05, 3.63) is 41.0 Å². The van der Waals surface area contributed by atoms with Crippen LogP contribution in [0, 0.1) is 0 Å². The zero-order valence-electron chi connectivity index (χ0n) is 10.7. The van der Waals surface area contributed by atoms with E-state index in [0.29, 0.717) is 12.2 Å². The van der Waals surface area contributed by atoms with Gasteiger partial charge in [-0.15, -0.1) is 0 Å². The first-order valence-corrected chi connectivity index (χ1v) is 6.27. The molecule has 21 heavy (non-hydrogen) atoms. The first-order valence-electron chi connectivity index (χ1n) is 5.90. The number of rotatable bonds is 5. The Morgan fingerprint density at radius 2 is 2.19 bits per heavy atom. The molecular weight excluding hydrogens is 300 g/mol. The number of carboxylic acid groups (broad SMARTS) is 1. The molecule has 0 saturated heterocycles.